The largest absolute Gasteiger partial charge is 0.364 e. The van der Waals surface area contributed by atoms with Gasteiger partial charge in [0.2, 0.25) is 0 Å². The molecule has 0 saturated carbocycles. The van der Waals surface area contributed by atoms with Crippen LogP contribution in [-0.4, -0.2) is 24.7 Å². The number of amides is 1. The Morgan fingerprint density at radius 1 is 1.39 bits per heavy atom. The molecule has 1 aromatic rings. The number of ether oxygens (including phenoxy) is 1. The lowest BCUT2D eigenvalue weighted by Gasteiger charge is -2.12. The van der Waals surface area contributed by atoms with Gasteiger partial charge in [-0.05, 0) is 25.0 Å². The van der Waals surface area contributed by atoms with Crippen LogP contribution in [-0.2, 0) is 9.53 Å². The molecule has 0 bridgehead atoms. The summed E-state index contributed by atoms with van der Waals surface area (Å²) in [7, 11) is 0. The Hall–Kier alpha value is -1.53. The normalized spacial score (nSPS) is 23.1. The van der Waals surface area contributed by atoms with Crippen LogP contribution in [0, 0.1) is 11.6 Å². The van der Waals surface area contributed by atoms with Crippen molar-refractivity contribution in [2.24, 2.45) is 5.73 Å². The molecular formula is C12H14F2N2O2. The third-order valence-electron chi connectivity index (χ3n) is 2.85. The van der Waals surface area contributed by atoms with E-state index in [1.807, 2.05) is 0 Å². The molecule has 0 aliphatic carbocycles. The van der Waals surface area contributed by atoms with E-state index in [4.69, 9.17) is 10.5 Å². The number of nitrogens with two attached hydrogens (primary N) is 1. The van der Waals surface area contributed by atoms with Crippen LogP contribution in [0.1, 0.15) is 12.8 Å². The quantitative estimate of drug-likeness (QED) is 0.859. The van der Waals surface area contributed by atoms with Gasteiger partial charge in [-0.25, -0.2) is 8.78 Å². The highest BCUT2D eigenvalue weighted by atomic mass is 19.2. The second kappa shape index (κ2) is 5.41. The van der Waals surface area contributed by atoms with Crippen LogP contribution in [0.15, 0.2) is 18.2 Å². The van der Waals surface area contributed by atoms with Gasteiger partial charge in [0.25, 0.3) is 5.91 Å². The third kappa shape index (κ3) is 2.83. The van der Waals surface area contributed by atoms with Gasteiger partial charge in [0.05, 0.1) is 6.10 Å². The molecule has 3 N–H and O–H groups in total. The second-order valence-electron chi connectivity index (χ2n) is 4.18. The first-order valence-corrected chi connectivity index (χ1v) is 5.71. The molecule has 1 heterocycles. The molecule has 0 aromatic heterocycles. The topological polar surface area (TPSA) is 64.4 Å². The van der Waals surface area contributed by atoms with Crippen molar-refractivity contribution >= 4 is 11.6 Å². The molecule has 98 valence electrons. The van der Waals surface area contributed by atoms with E-state index in [2.05, 4.69) is 5.32 Å². The highest BCUT2D eigenvalue weighted by molar-refractivity contribution is 5.94. The maximum atomic E-state index is 12.9. The molecule has 1 aliphatic heterocycles. The number of hydrogen-bond donors (Lipinski definition) is 2. The molecule has 4 nitrogen and oxygen atoms in total. The molecule has 18 heavy (non-hydrogen) atoms. The molecule has 1 saturated heterocycles. The fourth-order valence-electron chi connectivity index (χ4n) is 1.87. The molecule has 1 fully saturated rings. The van der Waals surface area contributed by atoms with Crippen LogP contribution in [0.4, 0.5) is 14.5 Å². The molecule has 6 heteroatoms. The van der Waals surface area contributed by atoms with Crippen molar-refractivity contribution in [3.8, 4) is 0 Å². The lowest BCUT2D eigenvalue weighted by molar-refractivity contribution is -0.126. The number of nitrogens with one attached hydrogen (secondary N) is 1. The minimum Gasteiger partial charge on any atom is -0.364 e. The number of carbonyl (C=O) groups excluding carboxylic acids is 1. The van der Waals surface area contributed by atoms with Gasteiger partial charge in [0, 0.05) is 18.3 Å². The van der Waals surface area contributed by atoms with Crippen LogP contribution < -0.4 is 11.1 Å². The van der Waals surface area contributed by atoms with Gasteiger partial charge in [-0.15, -0.1) is 0 Å². The van der Waals surface area contributed by atoms with E-state index in [0.29, 0.717) is 13.0 Å². The molecule has 1 amide bonds. The highest BCUT2D eigenvalue weighted by Gasteiger charge is 2.29. The average Bonchev–Trinajstić information content (AvgIpc) is 2.82. The maximum absolute atomic E-state index is 12.9. The smallest absolute Gasteiger partial charge is 0.253 e. The average molecular weight is 256 g/mol. The Morgan fingerprint density at radius 3 is 2.78 bits per heavy atom. The number of carbonyl (C=O) groups is 1. The first-order chi connectivity index (χ1) is 8.60. The SMILES string of the molecule is NC[C@H]1CC[C@@H](C(=O)Nc2ccc(F)c(F)c2)O1. The fourth-order valence-corrected chi connectivity index (χ4v) is 1.87. The van der Waals surface area contributed by atoms with E-state index in [1.54, 1.807) is 0 Å². The van der Waals surface area contributed by atoms with Crippen molar-refractivity contribution in [1.82, 2.24) is 0 Å². The van der Waals surface area contributed by atoms with Gasteiger partial charge in [0.1, 0.15) is 6.10 Å². The van der Waals surface area contributed by atoms with Gasteiger partial charge in [-0.2, -0.15) is 0 Å². The minimum absolute atomic E-state index is 0.106. The Labute approximate surface area is 103 Å². The lowest BCUT2D eigenvalue weighted by Crippen LogP contribution is -2.29. The van der Waals surface area contributed by atoms with Crippen molar-refractivity contribution in [3.05, 3.63) is 29.8 Å². The Kier molecular flexibility index (Phi) is 3.88. The summed E-state index contributed by atoms with van der Waals surface area (Å²) >= 11 is 0. The van der Waals surface area contributed by atoms with Gasteiger partial charge in [-0.1, -0.05) is 0 Å². The monoisotopic (exact) mass is 256 g/mol. The summed E-state index contributed by atoms with van der Waals surface area (Å²) in [5, 5.41) is 2.49. The third-order valence-corrected chi connectivity index (χ3v) is 2.85. The van der Waals surface area contributed by atoms with E-state index in [0.717, 1.165) is 18.6 Å². The lowest BCUT2D eigenvalue weighted by atomic mass is 10.2. The van der Waals surface area contributed by atoms with E-state index in [-0.39, 0.29) is 17.7 Å². The molecule has 0 radical (unpaired) electrons. The Morgan fingerprint density at radius 2 is 2.17 bits per heavy atom. The predicted octanol–water partition coefficient (Wildman–Crippen LogP) is 1.41. The van der Waals surface area contributed by atoms with Crippen LogP contribution in [0.3, 0.4) is 0 Å². The zero-order valence-corrected chi connectivity index (χ0v) is 9.66. The Bertz CT molecular complexity index is 454. The van der Waals surface area contributed by atoms with Crippen LogP contribution in [0.5, 0.6) is 0 Å². The molecular weight excluding hydrogens is 242 g/mol. The van der Waals surface area contributed by atoms with Crippen molar-refractivity contribution < 1.29 is 18.3 Å². The number of halogens is 2. The minimum atomic E-state index is -1.00. The first kappa shape index (κ1) is 12.9. The second-order valence-corrected chi connectivity index (χ2v) is 4.18. The number of rotatable bonds is 3. The van der Waals surface area contributed by atoms with Crippen molar-refractivity contribution in [2.75, 3.05) is 11.9 Å². The van der Waals surface area contributed by atoms with Gasteiger partial charge in [-0.3, -0.25) is 4.79 Å². The number of benzene rings is 1. The molecule has 2 rings (SSSR count). The summed E-state index contributed by atoms with van der Waals surface area (Å²) in [5.41, 5.74) is 5.64. The van der Waals surface area contributed by atoms with E-state index in [1.165, 1.54) is 6.07 Å². The molecule has 0 unspecified atom stereocenters. The zero-order valence-electron chi connectivity index (χ0n) is 9.66. The summed E-state index contributed by atoms with van der Waals surface area (Å²) in [6.45, 7) is 0.370. The van der Waals surface area contributed by atoms with Crippen LogP contribution >= 0.6 is 0 Å². The molecule has 1 aliphatic rings. The van der Waals surface area contributed by atoms with Gasteiger partial charge in [0.15, 0.2) is 11.6 Å². The zero-order chi connectivity index (χ0) is 13.1. The molecule has 2 atom stereocenters. The maximum Gasteiger partial charge on any atom is 0.253 e. The van der Waals surface area contributed by atoms with Gasteiger partial charge < -0.3 is 15.8 Å². The number of hydrogen-bond acceptors (Lipinski definition) is 3. The fraction of sp³-hybridized carbons (Fsp3) is 0.417. The van der Waals surface area contributed by atoms with Crippen molar-refractivity contribution in [2.45, 2.75) is 25.0 Å². The summed E-state index contributed by atoms with van der Waals surface area (Å²) in [6, 6.07) is 3.19. The summed E-state index contributed by atoms with van der Waals surface area (Å²) in [4.78, 5) is 11.8. The summed E-state index contributed by atoms with van der Waals surface area (Å²) in [5.74, 6) is -2.31. The van der Waals surface area contributed by atoms with E-state index in [9.17, 15) is 13.6 Å². The highest BCUT2D eigenvalue weighted by Crippen LogP contribution is 2.21. The van der Waals surface area contributed by atoms with Crippen LogP contribution in [0.2, 0.25) is 0 Å². The van der Waals surface area contributed by atoms with Crippen molar-refractivity contribution in [1.29, 1.82) is 0 Å². The number of anilines is 1. The predicted molar refractivity (Wildman–Crippen MR) is 61.9 cm³/mol. The standard InChI is InChI=1S/C12H14F2N2O2/c13-9-3-1-7(5-10(9)14)16-12(17)11-4-2-8(6-15)18-11/h1,3,5,8,11H,2,4,6,15H2,(H,16,17)/t8-,11+/m1/s1. The van der Waals surface area contributed by atoms with E-state index >= 15 is 0 Å². The van der Waals surface area contributed by atoms with Crippen LogP contribution in [0.25, 0.3) is 0 Å². The molecule has 1 aromatic carbocycles. The summed E-state index contributed by atoms with van der Waals surface area (Å²) < 4.78 is 31.1. The van der Waals surface area contributed by atoms with Crippen molar-refractivity contribution in [3.63, 3.8) is 0 Å². The Balaban J connectivity index is 1.97. The summed E-state index contributed by atoms with van der Waals surface area (Å²) in [6.07, 6.45) is 0.626. The van der Waals surface area contributed by atoms with Gasteiger partial charge >= 0.3 is 0 Å². The van der Waals surface area contributed by atoms with E-state index < -0.39 is 17.7 Å². The molecule has 0 spiro atoms. The first-order valence-electron chi connectivity index (χ1n) is 5.71.